The Hall–Kier alpha value is -0.418. The molecule has 0 spiro atoms. The van der Waals surface area contributed by atoms with Gasteiger partial charge in [-0.1, -0.05) is 0 Å². The SMILES string of the molecule is [Ac].[NH-]CC1CN(c2ccc(N3CCOCC3)c(F)c2)C(=O)O1. The van der Waals surface area contributed by atoms with Gasteiger partial charge in [0, 0.05) is 57.2 Å². The standard InChI is InChI=1S/C14H17FN3O3.Ac/c15-12-7-10(18-9-11(8-16)21-14(18)19)1-2-13(12)17-3-5-20-6-4-17;/h1-2,7,11,16H,3-6,8-9H2;/q-1;. The van der Waals surface area contributed by atoms with Gasteiger partial charge in [-0.2, -0.15) is 0 Å². The van der Waals surface area contributed by atoms with Crippen LogP contribution in [0, 0.1) is 49.9 Å². The van der Waals surface area contributed by atoms with Gasteiger partial charge in [0.2, 0.25) is 0 Å². The molecule has 2 fully saturated rings. The average Bonchev–Trinajstić information content (AvgIpc) is 2.89. The van der Waals surface area contributed by atoms with Crippen LogP contribution >= 0.6 is 0 Å². The van der Waals surface area contributed by atoms with Gasteiger partial charge < -0.3 is 20.1 Å². The van der Waals surface area contributed by atoms with Gasteiger partial charge >= 0.3 is 6.09 Å². The van der Waals surface area contributed by atoms with Crippen LogP contribution < -0.4 is 9.80 Å². The summed E-state index contributed by atoms with van der Waals surface area (Å²) in [5.41, 5.74) is 8.24. The van der Waals surface area contributed by atoms with E-state index in [9.17, 15) is 9.18 Å². The molecule has 0 aromatic heterocycles. The fraction of sp³-hybridized carbons (Fsp3) is 0.500. The predicted molar refractivity (Wildman–Crippen MR) is 76.2 cm³/mol. The number of morpholine rings is 1. The van der Waals surface area contributed by atoms with Crippen molar-refractivity contribution in [3.63, 3.8) is 0 Å². The zero-order valence-electron chi connectivity index (χ0n) is 12.1. The number of anilines is 2. The van der Waals surface area contributed by atoms with E-state index < -0.39 is 12.2 Å². The molecule has 2 saturated heterocycles. The topological polar surface area (TPSA) is 65.8 Å². The number of rotatable bonds is 3. The van der Waals surface area contributed by atoms with Crippen molar-refractivity contribution in [3.8, 4) is 0 Å². The minimum atomic E-state index is -0.522. The summed E-state index contributed by atoms with van der Waals surface area (Å²) in [6.07, 6.45) is -0.967. The van der Waals surface area contributed by atoms with E-state index >= 15 is 0 Å². The molecule has 0 saturated carbocycles. The van der Waals surface area contributed by atoms with E-state index in [2.05, 4.69) is 0 Å². The molecule has 2 aliphatic heterocycles. The number of amides is 1. The largest absolute Gasteiger partial charge is 0.674 e. The van der Waals surface area contributed by atoms with Crippen LogP contribution in [-0.4, -0.2) is 51.6 Å². The Balaban J connectivity index is 0.00000176. The molecule has 8 heteroatoms. The van der Waals surface area contributed by atoms with Crippen LogP contribution in [0.5, 0.6) is 0 Å². The summed E-state index contributed by atoms with van der Waals surface area (Å²) >= 11 is 0. The maximum Gasteiger partial charge on any atom is 0.414 e. The molecule has 1 N–H and O–H groups in total. The van der Waals surface area contributed by atoms with Gasteiger partial charge in [0.25, 0.3) is 0 Å². The Morgan fingerprint density at radius 1 is 1.32 bits per heavy atom. The van der Waals surface area contributed by atoms with Crippen molar-refractivity contribution in [1.82, 2.24) is 0 Å². The Labute approximate surface area is 164 Å². The van der Waals surface area contributed by atoms with Crippen LogP contribution in [0.3, 0.4) is 0 Å². The number of hydrogen-bond donors (Lipinski definition) is 0. The second-order valence-electron chi connectivity index (χ2n) is 5.06. The molecule has 22 heavy (non-hydrogen) atoms. The fourth-order valence-electron chi connectivity index (χ4n) is 2.56. The van der Waals surface area contributed by atoms with Crippen molar-refractivity contribution >= 4 is 17.5 Å². The number of nitrogens with zero attached hydrogens (tertiary/aromatic N) is 2. The maximum absolute atomic E-state index is 14.3. The third-order valence-electron chi connectivity index (χ3n) is 3.70. The summed E-state index contributed by atoms with van der Waals surface area (Å²) in [7, 11) is 0. The van der Waals surface area contributed by atoms with Crippen molar-refractivity contribution in [1.29, 1.82) is 0 Å². The molecule has 2 aliphatic rings. The summed E-state index contributed by atoms with van der Waals surface area (Å²) in [5.74, 6) is -0.364. The first-order valence-electron chi connectivity index (χ1n) is 6.94. The van der Waals surface area contributed by atoms with Gasteiger partial charge in [0.15, 0.2) is 0 Å². The molecule has 1 aromatic carbocycles. The van der Waals surface area contributed by atoms with E-state index in [0.29, 0.717) is 44.2 Å². The van der Waals surface area contributed by atoms with E-state index in [1.807, 2.05) is 4.90 Å². The van der Waals surface area contributed by atoms with Crippen molar-refractivity contribution in [2.24, 2.45) is 0 Å². The third-order valence-corrected chi connectivity index (χ3v) is 3.70. The van der Waals surface area contributed by atoms with E-state index in [1.54, 1.807) is 12.1 Å². The van der Waals surface area contributed by atoms with Crippen molar-refractivity contribution in [2.45, 2.75) is 6.10 Å². The first-order valence-corrected chi connectivity index (χ1v) is 6.94. The van der Waals surface area contributed by atoms with Gasteiger partial charge in [-0.25, -0.2) is 9.18 Å². The maximum atomic E-state index is 14.3. The van der Waals surface area contributed by atoms with Crippen molar-refractivity contribution in [3.05, 3.63) is 29.7 Å². The Morgan fingerprint density at radius 2 is 2.05 bits per heavy atom. The number of carbonyl (C=O) groups is 1. The fourth-order valence-corrected chi connectivity index (χ4v) is 2.56. The Morgan fingerprint density at radius 3 is 2.64 bits per heavy atom. The molecular formula is C14H17AcFN3O3-. The molecule has 2 heterocycles. The summed E-state index contributed by atoms with van der Waals surface area (Å²) in [5, 5.41) is 0. The van der Waals surface area contributed by atoms with Gasteiger partial charge in [0.1, 0.15) is 11.9 Å². The quantitative estimate of drug-likeness (QED) is 0.611. The van der Waals surface area contributed by atoms with Crippen molar-refractivity contribution < 1.29 is 62.7 Å². The molecule has 6 nitrogen and oxygen atoms in total. The van der Waals surface area contributed by atoms with E-state index in [0.717, 1.165) is 0 Å². The molecule has 0 aliphatic carbocycles. The van der Waals surface area contributed by atoms with Gasteiger partial charge in [-0.05, 0) is 18.2 Å². The third kappa shape index (κ3) is 3.73. The summed E-state index contributed by atoms with van der Waals surface area (Å²) in [6.45, 7) is 2.79. The average molecular weight is 521 g/mol. The van der Waals surface area contributed by atoms with Crippen LogP contribution in [0.4, 0.5) is 20.6 Å². The molecule has 3 rings (SSSR count). The second-order valence-corrected chi connectivity index (χ2v) is 5.06. The first kappa shape index (κ1) is 17.9. The first-order chi connectivity index (χ1) is 10.2. The second kappa shape index (κ2) is 7.91. The molecule has 117 valence electrons. The molecule has 1 radical (unpaired) electrons. The van der Waals surface area contributed by atoms with E-state index in [-0.39, 0.29) is 56.4 Å². The van der Waals surface area contributed by atoms with Crippen LogP contribution in [0.1, 0.15) is 0 Å². The molecule has 1 unspecified atom stereocenters. The number of benzene rings is 1. The Bertz CT molecular complexity index is 540. The molecule has 0 bridgehead atoms. The van der Waals surface area contributed by atoms with Gasteiger partial charge in [-0.15, -0.1) is 6.54 Å². The number of hydrogen-bond acceptors (Lipinski definition) is 4. The van der Waals surface area contributed by atoms with Crippen LogP contribution in [0.2, 0.25) is 0 Å². The zero-order chi connectivity index (χ0) is 14.8. The number of halogens is 1. The van der Waals surface area contributed by atoms with E-state index in [4.69, 9.17) is 15.2 Å². The van der Waals surface area contributed by atoms with Crippen molar-refractivity contribution in [2.75, 3.05) is 49.2 Å². The Kier molecular flexibility index (Phi) is 6.45. The summed E-state index contributed by atoms with van der Waals surface area (Å²) < 4.78 is 24.6. The minimum Gasteiger partial charge on any atom is -0.674 e. The number of nitrogens with one attached hydrogen (secondary N) is 1. The molecule has 1 atom stereocenters. The van der Waals surface area contributed by atoms with Crippen LogP contribution in [0.15, 0.2) is 18.2 Å². The van der Waals surface area contributed by atoms with Crippen LogP contribution in [-0.2, 0) is 9.47 Å². The molecule has 1 aromatic rings. The predicted octanol–water partition coefficient (Wildman–Crippen LogP) is 2.04. The smallest absolute Gasteiger partial charge is 0.414 e. The monoisotopic (exact) mass is 521 g/mol. The van der Waals surface area contributed by atoms with Gasteiger partial charge in [0.05, 0.1) is 31.1 Å². The minimum absolute atomic E-state index is 0. The zero-order valence-corrected chi connectivity index (χ0v) is 16.9. The molecule has 1 amide bonds. The molecular weight excluding hydrogens is 504 g/mol. The number of carbonyl (C=O) groups excluding carboxylic acids is 1. The number of cyclic esters (lactones) is 1. The summed E-state index contributed by atoms with van der Waals surface area (Å²) in [4.78, 5) is 15.0. The normalized spacial score (nSPS) is 21.5. The van der Waals surface area contributed by atoms with Gasteiger partial charge in [-0.3, -0.25) is 4.90 Å². The van der Waals surface area contributed by atoms with Crippen LogP contribution in [0.25, 0.3) is 5.73 Å². The van der Waals surface area contributed by atoms with E-state index in [1.165, 1.54) is 11.0 Å². The summed E-state index contributed by atoms with van der Waals surface area (Å²) in [6, 6.07) is 4.73. The number of ether oxygens (including phenoxy) is 2.